The summed E-state index contributed by atoms with van der Waals surface area (Å²) in [6.45, 7) is 20.1. The quantitative estimate of drug-likeness (QED) is 0.0382. The third kappa shape index (κ3) is 19.2. The molecular weight excluding hydrogens is 1760 g/mol. The van der Waals surface area contributed by atoms with Crippen LogP contribution in [0.4, 0.5) is 80.5 Å². The maximum atomic E-state index is 9.66. The molecule has 2 atom stereocenters. The number of likely N-dealkylation sites (N-methyl/N-ethyl adjacent to an activating group) is 3. The number of anilines is 14. The maximum absolute atomic E-state index is 9.66. The highest BCUT2D eigenvalue weighted by atomic mass is 16.3. The number of aryl methyl sites for hydroxylation is 14. The number of pyridine rings is 7. The third-order valence-electron chi connectivity index (χ3n) is 31.0. The van der Waals surface area contributed by atoms with E-state index in [1.54, 1.807) is 0 Å². The molecule has 0 bridgehead atoms. The molecule has 12 aliphatic rings. The van der Waals surface area contributed by atoms with Gasteiger partial charge in [0, 0.05) is 177 Å². The van der Waals surface area contributed by atoms with Crippen molar-refractivity contribution in [1.82, 2.24) is 97.1 Å². The van der Waals surface area contributed by atoms with Gasteiger partial charge in [-0.15, -0.1) is 35.7 Å². The second-order valence-electron chi connectivity index (χ2n) is 41.0. The van der Waals surface area contributed by atoms with Crippen molar-refractivity contribution in [3.8, 4) is 0 Å². The highest BCUT2D eigenvalue weighted by Gasteiger charge is 2.34. The number of aromatic nitrogens is 14. The van der Waals surface area contributed by atoms with Gasteiger partial charge in [-0.25, -0.2) is 31.6 Å². The summed E-state index contributed by atoms with van der Waals surface area (Å²) in [6, 6.07) is 30.8. The SMILES string of the molecule is CN(C)C1CCN(c2nn3c4c(ccc3c2N)CCC4)C1.CN(C)CCCNc1nn2c3c(ccc2c1N)CCC3.CN(C)CCNc1nn2c3c(ccc2c1N)CCC3.CN1CCN(c2nn3c4c(ccc3c2N)CCC4)CC1.Nc1c(N2CCC(O)C2)nn2c3c(ccc12)CCC3.Nc1c(N2CCN(CCO)CC2)nn2c3c(ccc12)CCC3.Nc1c(N2CCNCC2)nn2c3c(ccc12)CCC3. The van der Waals surface area contributed by atoms with E-state index in [9.17, 15) is 5.11 Å². The number of β-amino-alcohol motifs (C(OH)–C–C–N with tert-alkyl or cyclic N) is 2. The van der Waals surface area contributed by atoms with E-state index in [2.05, 4.69) is 227 Å². The monoisotopic (exact) mass is 1910 g/mol. The Labute approximate surface area is 820 Å². The molecule has 5 fully saturated rings. The minimum absolute atomic E-state index is 0.225. The zero-order chi connectivity index (χ0) is 96.7. The fourth-order valence-electron chi connectivity index (χ4n) is 23.0. The van der Waals surface area contributed by atoms with Gasteiger partial charge < -0.3 is 110 Å². The van der Waals surface area contributed by atoms with Crippen LogP contribution in [-0.2, 0) is 89.9 Å². The van der Waals surface area contributed by atoms with E-state index >= 15 is 0 Å². The van der Waals surface area contributed by atoms with Crippen LogP contribution in [0.25, 0.3) is 38.6 Å². The van der Waals surface area contributed by atoms with Crippen molar-refractivity contribution in [3.05, 3.63) is 164 Å². The molecule has 0 saturated carbocycles. The van der Waals surface area contributed by atoms with Crippen molar-refractivity contribution in [2.45, 2.75) is 166 Å². The van der Waals surface area contributed by atoms with Crippen LogP contribution in [-0.4, -0.2) is 308 Å². The molecule has 0 radical (unpaired) electrons. The Hall–Kier alpha value is -12.3. The molecule has 746 valence electrons. The highest BCUT2D eigenvalue weighted by molar-refractivity contribution is 5.87. The number of nitrogens with one attached hydrogen (secondary N) is 3. The van der Waals surface area contributed by atoms with Crippen LogP contribution in [0.5, 0.6) is 0 Å². The van der Waals surface area contributed by atoms with Crippen molar-refractivity contribution >= 4 is 119 Å². The van der Waals surface area contributed by atoms with Crippen molar-refractivity contribution < 1.29 is 10.2 Å². The zero-order valence-corrected chi connectivity index (χ0v) is 83.4. The predicted octanol–water partition coefficient (Wildman–Crippen LogP) is 8.16. The molecule has 0 spiro atoms. The van der Waals surface area contributed by atoms with E-state index in [0.29, 0.717) is 12.6 Å². The molecule has 5 aliphatic heterocycles. The Morgan fingerprint density at radius 1 is 0.336 bits per heavy atom. The van der Waals surface area contributed by atoms with Crippen molar-refractivity contribution in [2.75, 3.05) is 269 Å². The Kier molecular flexibility index (Phi) is 28.2. The minimum atomic E-state index is -0.255. The molecule has 2 unspecified atom stereocenters. The van der Waals surface area contributed by atoms with Gasteiger partial charge in [0.05, 0.1) is 51.3 Å². The van der Waals surface area contributed by atoms with E-state index in [1.807, 2.05) is 13.5 Å². The number of hydrogen-bond acceptors (Lipinski definition) is 29. The lowest BCUT2D eigenvalue weighted by Gasteiger charge is -2.34. The van der Waals surface area contributed by atoms with Crippen molar-refractivity contribution in [2.24, 2.45) is 0 Å². The maximum Gasteiger partial charge on any atom is 0.175 e. The lowest BCUT2D eigenvalue weighted by atomic mass is 10.2. The first kappa shape index (κ1) is 95.3. The van der Waals surface area contributed by atoms with E-state index in [-0.39, 0.29) is 12.7 Å². The molecule has 26 rings (SSSR count). The average molecular weight is 1910 g/mol. The Morgan fingerprint density at radius 3 is 0.950 bits per heavy atom. The van der Waals surface area contributed by atoms with Crippen LogP contribution in [0.1, 0.15) is 143 Å². The van der Waals surface area contributed by atoms with Crippen molar-refractivity contribution in [1.29, 1.82) is 0 Å². The minimum Gasteiger partial charge on any atom is -0.395 e. The molecule has 36 nitrogen and oxygen atoms in total. The number of fused-ring (bicyclic) bond motifs is 21. The topological polar surface area (TPSA) is 412 Å². The van der Waals surface area contributed by atoms with Gasteiger partial charge in [0.15, 0.2) is 40.7 Å². The highest BCUT2D eigenvalue weighted by Crippen LogP contribution is 2.41. The fourth-order valence-corrected chi connectivity index (χ4v) is 23.0. The number of rotatable bonds is 17. The number of piperazine rings is 3. The average Bonchev–Trinajstić information content (AvgIpc) is 1.60. The molecule has 36 heteroatoms. The number of hydrogen-bond donors (Lipinski definition) is 12. The molecule has 7 aliphatic carbocycles. The van der Waals surface area contributed by atoms with Gasteiger partial charge in [0.1, 0.15) is 39.8 Å². The summed E-state index contributed by atoms with van der Waals surface area (Å²) in [6.07, 6.45) is 27.2. The Morgan fingerprint density at radius 2 is 0.636 bits per heavy atom. The number of nitrogens with two attached hydrogens (primary N) is 7. The number of aliphatic hydroxyl groups excluding tert-OH is 2. The van der Waals surface area contributed by atoms with Crippen LogP contribution in [0.3, 0.4) is 0 Å². The summed E-state index contributed by atoms with van der Waals surface area (Å²) in [5, 5.41) is 62.1. The third-order valence-corrected chi connectivity index (χ3v) is 31.0. The summed E-state index contributed by atoms with van der Waals surface area (Å²) < 4.78 is 14.4. The summed E-state index contributed by atoms with van der Waals surface area (Å²) in [4.78, 5) is 22.6. The lowest BCUT2D eigenvalue weighted by Crippen LogP contribution is -2.47. The van der Waals surface area contributed by atoms with E-state index in [1.165, 1.54) is 149 Å². The van der Waals surface area contributed by atoms with E-state index < -0.39 is 0 Å². The first-order valence-electron chi connectivity index (χ1n) is 51.7. The number of nitrogen functional groups attached to an aromatic ring is 7. The van der Waals surface area contributed by atoms with Crippen LogP contribution in [0.15, 0.2) is 84.9 Å². The van der Waals surface area contributed by atoms with Gasteiger partial charge >= 0.3 is 0 Å². The van der Waals surface area contributed by atoms with Crippen molar-refractivity contribution in [3.63, 3.8) is 0 Å². The molecule has 14 aromatic heterocycles. The summed E-state index contributed by atoms with van der Waals surface area (Å²) >= 11 is 0. The molecule has 0 amide bonds. The van der Waals surface area contributed by atoms with Gasteiger partial charge in [0.2, 0.25) is 0 Å². The van der Waals surface area contributed by atoms with E-state index in [4.69, 9.17) is 70.7 Å². The molecule has 0 aromatic carbocycles. The van der Waals surface area contributed by atoms with Gasteiger partial charge in [0.25, 0.3) is 0 Å². The second-order valence-corrected chi connectivity index (χ2v) is 41.0. The number of aliphatic hydroxyl groups is 2. The molecule has 5 saturated heterocycles. The molecule has 19 N–H and O–H groups in total. The van der Waals surface area contributed by atoms with Crippen LogP contribution < -0.4 is 80.6 Å². The van der Waals surface area contributed by atoms with Crippen LogP contribution in [0.2, 0.25) is 0 Å². The lowest BCUT2D eigenvalue weighted by molar-refractivity contribution is 0.188. The Bertz CT molecular complexity index is 6660. The van der Waals surface area contributed by atoms with E-state index in [0.717, 1.165) is 334 Å². The Balaban J connectivity index is 0.000000100. The number of nitrogens with zero attached hydrogens (tertiary/aromatic N) is 24. The van der Waals surface area contributed by atoms with Gasteiger partial charge in [-0.3, -0.25) is 4.90 Å². The standard InChI is InChI=1S/C16H23N5O.C16H23N5.C15H21N5.C15H23N5.C14H19N5.C14H21N5.C14H18N4O/c17-15-14-5-4-12-2-1-3-13(12)21(14)18-16(15)20-8-6-19(7-9-20)10-11-22;1-19(2)12-8-9-20(10-12)16-15(17)14-7-6-11-4-3-5-13(11)21(14)18-16;1-18-7-9-19(10-8-18)15-14(16)13-6-5-11-3-2-4-12(11)20(13)17-15;1-19(2)10-4-9-17-15-14(16)13-8-7-11-5-3-6-12(11)20(13)18-15;15-13-12-5-4-10-2-1-3-11(10)19(12)17-14(13)18-8-6-16-7-9-18;1-18(2)9-8-16-14-13(15)12-7-6-10-4-3-5-11(10)19(12)17-14;15-13-12-5-4-9-2-1-3-11(9)18(12)16-14(13)17-7-6-10(19)8-17/h4-5,22H,1-3,6-11,17H2;6-7,12H,3-5,8-10,17H2,1-2H3;5-6H,2-4,7-10,16H2,1H3;7-8H,3-6,9-10,16H2,1-2H3,(H,17,18);4-5,16H,1-3,6-9,15H2;6-7H,3-5,8-9,15H2,1-2H3,(H,16,17);4-5,10,19H,1-3,6-8,15H2. The molecule has 140 heavy (non-hydrogen) atoms. The predicted molar refractivity (Wildman–Crippen MR) is 568 cm³/mol. The molecule has 19 heterocycles. The molecular formula is C104H148N34O2. The smallest absolute Gasteiger partial charge is 0.175 e. The van der Waals surface area contributed by atoms with Crippen LogP contribution >= 0.6 is 0 Å². The first-order chi connectivity index (χ1) is 68.1. The summed E-state index contributed by atoms with van der Waals surface area (Å²) in [5.74, 6) is 6.28. The largest absolute Gasteiger partial charge is 0.395 e. The molecule has 14 aromatic rings. The fraction of sp³-hybridized carbons (Fsp3) is 0.529. The van der Waals surface area contributed by atoms with Gasteiger partial charge in [-0.05, 0) is 291 Å². The summed E-state index contributed by atoms with van der Waals surface area (Å²) in [7, 11) is 14.7. The first-order valence-corrected chi connectivity index (χ1v) is 51.7. The van der Waals surface area contributed by atoms with Gasteiger partial charge in [-0.1, -0.05) is 42.5 Å². The second kappa shape index (κ2) is 41.5. The normalized spacial score (nSPS) is 18.6. The van der Waals surface area contributed by atoms with Crippen LogP contribution in [0, 0.1) is 0 Å². The zero-order valence-electron chi connectivity index (χ0n) is 83.4. The summed E-state index contributed by atoms with van der Waals surface area (Å²) in [5.41, 5.74) is 76.2. The van der Waals surface area contributed by atoms with Gasteiger partial charge in [-0.2, -0.15) is 0 Å².